The van der Waals surface area contributed by atoms with Gasteiger partial charge in [0.05, 0.1) is 0 Å². The van der Waals surface area contributed by atoms with Gasteiger partial charge in [0.2, 0.25) is 6.79 Å². The average Bonchev–Trinajstić information content (AvgIpc) is 2.81. The van der Waals surface area contributed by atoms with Crippen molar-refractivity contribution in [2.75, 3.05) is 6.79 Å². The van der Waals surface area contributed by atoms with Crippen LogP contribution in [0.3, 0.4) is 0 Å². The predicted octanol–water partition coefficient (Wildman–Crippen LogP) is 1.63. The molecule has 0 radical (unpaired) electrons. The molecule has 2 aliphatic rings. The minimum absolute atomic E-state index is 0.109. The van der Waals surface area contributed by atoms with E-state index in [0.29, 0.717) is 17.1 Å². The number of carbonyl (C=O) groups excluding carboxylic acids is 2. The Bertz CT molecular complexity index is 607. The van der Waals surface area contributed by atoms with Gasteiger partial charge in [-0.25, -0.2) is 9.59 Å². The third kappa shape index (κ3) is 2.09. The van der Waals surface area contributed by atoms with E-state index in [4.69, 9.17) is 18.9 Å². The van der Waals surface area contributed by atoms with Gasteiger partial charge in [-0.05, 0) is 12.1 Å². The number of para-hydroxylation sites is 1. The van der Waals surface area contributed by atoms with E-state index in [9.17, 15) is 9.59 Å². The highest BCUT2D eigenvalue weighted by molar-refractivity contribution is 6.19. The van der Waals surface area contributed by atoms with E-state index in [2.05, 4.69) is 0 Å². The summed E-state index contributed by atoms with van der Waals surface area (Å²) in [7, 11) is 0. The molecular formula is C14H12O6. The number of hydrogen-bond donors (Lipinski definition) is 0. The summed E-state index contributed by atoms with van der Waals surface area (Å²) in [5.41, 5.74) is 0.386. The maximum atomic E-state index is 11.9. The van der Waals surface area contributed by atoms with Crippen molar-refractivity contribution >= 4 is 18.0 Å². The summed E-state index contributed by atoms with van der Waals surface area (Å²) in [4.78, 5) is 23.7. The van der Waals surface area contributed by atoms with Crippen LogP contribution in [0.2, 0.25) is 0 Å². The summed E-state index contributed by atoms with van der Waals surface area (Å²) < 4.78 is 20.6. The number of ether oxygens (including phenoxy) is 4. The molecule has 1 fully saturated rings. The number of benzene rings is 1. The fourth-order valence-electron chi connectivity index (χ4n) is 2.00. The summed E-state index contributed by atoms with van der Waals surface area (Å²) in [5, 5.41) is 0. The molecule has 20 heavy (non-hydrogen) atoms. The van der Waals surface area contributed by atoms with Gasteiger partial charge in [-0.2, -0.15) is 0 Å². The Labute approximate surface area is 114 Å². The standard InChI is InChI=1S/C14H12O6/c1-14(2)19-12(15)9(13(16)20-14)6-8-4-3-5-10-11(8)18-7-17-10/h3-6H,7H2,1-2H3. The Balaban J connectivity index is 1.99. The first kappa shape index (κ1) is 12.5. The van der Waals surface area contributed by atoms with Gasteiger partial charge in [0.25, 0.3) is 5.79 Å². The zero-order chi connectivity index (χ0) is 14.3. The highest BCUT2D eigenvalue weighted by Crippen LogP contribution is 2.37. The second-order valence-electron chi connectivity index (χ2n) is 4.82. The van der Waals surface area contributed by atoms with E-state index in [0.717, 1.165) is 0 Å². The van der Waals surface area contributed by atoms with Gasteiger partial charge in [-0.3, -0.25) is 0 Å². The second-order valence-corrected chi connectivity index (χ2v) is 4.82. The third-order valence-electron chi connectivity index (χ3n) is 2.84. The third-order valence-corrected chi connectivity index (χ3v) is 2.84. The lowest BCUT2D eigenvalue weighted by Crippen LogP contribution is -2.41. The molecule has 0 N–H and O–H groups in total. The van der Waals surface area contributed by atoms with Gasteiger partial charge in [0.15, 0.2) is 11.5 Å². The van der Waals surface area contributed by atoms with Crippen molar-refractivity contribution in [1.29, 1.82) is 0 Å². The van der Waals surface area contributed by atoms with E-state index in [1.54, 1.807) is 18.2 Å². The van der Waals surface area contributed by atoms with Gasteiger partial charge in [0, 0.05) is 19.4 Å². The van der Waals surface area contributed by atoms with Gasteiger partial charge in [-0.15, -0.1) is 0 Å². The molecule has 6 nitrogen and oxygen atoms in total. The summed E-state index contributed by atoms with van der Waals surface area (Å²) in [6.45, 7) is 3.10. The van der Waals surface area contributed by atoms with Gasteiger partial charge < -0.3 is 18.9 Å². The lowest BCUT2D eigenvalue weighted by atomic mass is 10.1. The summed E-state index contributed by atoms with van der Waals surface area (Å²) in [6, 6.07) is 5.19. The predicted molar refractivity (Wildman–Crippen MR) is 66.8 cm³/mol. The SMILES string of the molecule is CC1(C)OC(=O)C(=Cc2cccc3c2OCO3)C(=O)O1. The highest BCUT2D eigenvalue weighted by atomic mass is 16.7. The Morgan fingerprint density at radius 2 is 1.80 bits per heavy atom. The first-order valence-corrected chi connectivity index (χ1v) is 6.03. The van der Waals surface area contributed by atoms with Crippen molar-refractivity contribution in [3.63, 3.8) is 0 Å². The van der Waals surface area contributed by atoms with Crippen LogP contribution < -0.4 is 9.47 Å². The fraction of sp³-hybridized carbons (Fsp3) is 0.286. The molecule has 2 aliphatic heterocycles. The van der Waals surface area contributed by atoms with Gasteiger partial charge in [0.1, 0.15) is 5.57 Å². The van der Waals surface area contributed by atoms with Crippen LogP contribution >= 0.6 is 0 Å². The zero-order valence-corrected chi connectivity index (χ0v) is 11.0. The van der Waals surface area contributed by atoms with Crippen molar-refractivity contribution in [2.45, 2.75) is 19.6 Å². The highest BCUT2D eigenvalue weighted by Gasteiger charge is 2.39. The zero-order valence-electron chi connectivity index (χ0n) is 11.0. The normalized spacial score (nSPS) is 19.4. The van der Waals surface area contributed by atoms with Crippen molar-refractivity contribution < 1.29 is 28.5 Å². The van der Waals surface area contributed by atoms with Crippen molar-refractivity contribution in [3.05, 3.63) is 29.3 Å². The maximum Gasteiger partial charge on any atom is 0.348 e. The van der Waals surface area contributed by atoms with Crippen LogP contribution in [-0.4, -0.2) is 24.5 Å². The Morgan fingerprint density at radius 3 is 2.50 bits per heavy atom. The molecule has 0 aliphatic carbocycles. The summed E-state index contributed by atoms with van der Waals surface area (Å²) >= 11 is 0. The average molecular weight is 276 g/mol. The van der Waals surface area contributed by atoms with Crippen LogP contribution in [0.1, 0.15) is 19.4 Å². The molecule has 1 aromatic rings. The van der Waals surface area contributed by atoms with Crippen LogP contribution in [0.15, 0.2) is 23.8 Å². The minimum atomic E-state index is -1.25. The van der Waals surface area contributed by atoms with E-state index in [1.807, 2.05) is 0 Å². The van der Waals surface area contributed by atoms with E-state index in [-0.39, 0.29) is 12.4 Å². The Kier molecular flexibility index (Phi) is 2.67. The van der Waals surface area contributed by atoms with Crippen LogP contribution in [-0.2, 0) is 19.1 Å². The molecule has 6 heteroatoms. The largest absolute Gasteiger partial charge is 0.454 e. The molecule has 0 aromatic heterocycles. The Hall–Kier alpha value is -2.50. The molecule has 104 valence electrons. The van der Waals surface area contributed by atoms with Gasteiger partial charge in [-0.1, -0.05) is 12.1 Å². The lowest BCUT2D eigenvalue weighted by Gasteiger charge is -2.29. The molecule has 1 aromatic carbocycles. The second kappa shape index (κ2) is 4.26. The van der Waals surface area contributed by atoms with E-state index < -0.39 is 17.7 Å². The number of cyclic esters (lactones) is 2. The van der Waals surface area contributed by atoms with Crippen LogP contribution in [0.25, 0.3) is 6.08 Å². The van der Waals surface area contributed by atoms with E-state index in [1.165, 1.54) is 19.9 Å². The number of hydrogen-bond acceptors (Lipinski definition) is 6. The molecule has 0 atom stereocenters. The number of esters is 2. The quantitative estimate of drug-likeness (QED) is 0.441. The minimum Gasteiger partial charge on any atom is -0.454 e. The summed E-state index contributed by atoms with van der Waals surface area (Å²) in [6.07, 6.45) is 1.38. The number of fused-ring (bicyclic) bond motifs is 1. The molecule has 0 saturated carbocycles. The number of carbonyl (C=O) groups is 2. The fourth-order valence-corrected chi connectivity index (χ4v) is 2.00. The van der Waals surface area contributed by atoms with E-state index >= 15 is 0 Å². The van der Waals surface area contributed by atoms with Crippen LogP contribution in [0.5, 0.6) is 11.5 Å². The Morgan fingerprint density at radius 1 is 1.10 bits per heavy atom. The molecule has 3 rings (SSSR count). The molecular weight excluding hydrogens is 264 g/mol. The maximum absolute atomic E-state index is 11.9. The van der Waals surface area contributed by atoms with Crippen molar-refractivity contribution in [2.24, 2.45) is 0 Å². The molecule has 0 amide bonds. The molecule has 2 heterocycles. The first-order valence-electron chi connectivity index (χ1n) is 6.03. The first-order chi connectivity index (χ1) is 9.46. The van der Waals surface area contributed by atoms with Crippen LogP contribution in [0.4, 0.5) is 0 Å². The summed E-state index contributed by atoms with van der Waals surface area (Å²) in [5.74, 6) is -1.63. The molecule has 0 spiro atoms. The molecule has 0 unspecified atom stereocenters. The van der Waals surface area contributed by atoms with Crippen molar-refractivity contribution in [1.82, 2.24) is 0 Å². The van der Waals surface area contributed by atoms with Gasteiger partial charge >= 0.3 is 11.9 Å². The monoisotopic (exact) mass is 276 g/mol. The lowest BCUT2D eigenvalue weighted by molar-refractivity contribution is -0.222. The van der Waals surface area contributed by atoms with Crippen molar-refractivity contribution in [3.8, 4) is 11.5 Å². The smallest absolute Gasteiger partial charge is 0.348 e. The topological polar surface area (TPSA) is 71.1 Å². The van der Waals surface area contributed by atoms with Crippen LogP contribution in [0, 0.1) is 0 Å². The molecule has 1 saturated heterocycles. The molecule has 0 bridgehead atoms. The number of rotatable bonds is 1.